The maximum absolute atomic E-state index is 12.8. The first kappa shape index (κ1) is 67.8. The fraction of sp³-hybridized carbons (Fsp3) is 0.591. The van der Waals surface area contributed by atoms with Gasteiger partial charge in [-0.05, 0) is 136 Å². The Hall–Kier alpha value is -5.47. The predicted octanol–water partition coefficient (Wildman–Crippen LogP) is 14.5. The minimum Gasteiger partial charge on any atom is -0.493 e. The second kappa shape index (κ2) is 41.5. The van der Waals surface area contributed by atoms with Gasteiger partial charge in [-0.1, -0.05) is 136 Å². The number of ether oxygens (including phenoxy) is 10. The molecule has 0 aromatic heterocycles. The summed E-state index contributed by atoms with van der Waals surface area (Å²) in [4.78, 5) is 38.2. The molecule has 3 aromatic rings. The number of carbonyl (C=O) groups is 3. The van der Waals surface area contributed by atoms with E-state index in [0.29, 0.717) is 37.6 Å². The Morgan fingerprint density at radius 1 is 0.380 bits per heavy atom. The van der Waals surface area contributed by atoms with Gasteiger partial charge in [-0.25, -0.2) is 14.4 Å². The maximum atomic E-state index is 12.8. The highest BCUT2D eigenvalue weighted by atomic mass is 16.6. The lowest BCUT2D eigenvalue weighted by Gasteiger charge is -2.23. The Bertz CT molecular complexity index is 2150. The van der Waals surface area contributed by atoms with Crippen LogP contribution in [0.1, 0.15) is 163 Å². The van der Waals surface area contributed by atoms with Crippen LogP contribution in [0, 0.1) is 17.8 Å². The summed E-state index contributed by atoms with van der Waals surface area (Å²) >= 11 is 0. The fourth-order valence-electron chi connectivity index (χ4n) is 8.17. The van der Waals surface area contributed by atoms with E-state index in [2.05, 4.69) is 41.5 Å². The van der Waals surface area contributed by atoms with Gasteiger partial charge >= 0.3 is 17.9 Å². The van der Waals surface area contributed by atoms with Crippen molar-refractivity contribution < 1.29 is 61.8 Å². The summed E-state index contributed by atoms with van der Waals surface area (Å²) in [6.07, 6.45) is 20.6. The SMILES string of the molecule is CCCCC(CC)COc1ccc(/C=C/C(=O)OC(C)COCC(C)OCC(COCC(C)OC(=O)/C=C/c2ccc(OCC(CC)CCCC)cc2)OCC(C)OC(=O)/C=C/c2ccc(OCC(CC)CCCC)cc2)cc1. The second-order valence-corrected chi connectivity index (χ2v) is 20.8. The zero-order valence-corrected chi connectivity index (χ0v) is 49.7. The number of hydrogen-bond acceptors (Lipinski definition) is 13. The molecule has 0 radical (unpaired) electrons. The normalized spacial score (nSPS) is 14.8. The predicted molar refractivity (Wildman–Crippen MR) is 316 cm³/mol. The Morgan fingerprint density at radius 2 is 0.696 bits per heavy atom. The molecule has 0 saturated heterocycles. The fourth-order valence-corrected chi connectivity index (χ4v) is 8.17. The number of benzene rings is 3. The second-order valence-electron chi connectivity index (χ2n) is 20.8. The zero-order valence-electron chi connectivity index (χ0n) is 49.7. The molecule has 13 nitrogen and oxygen atoms in total. The van der Waals surface area contributed by atoms with Crippen LogP contribution in [0.25, 0.3) is 18.2 Å². The average Bonchev–Trinajstić information content (AvgIpc) is 3.45. The summed E-state index contributed by atoms with van der Waals surface area (Å²) < 4.78 is 59.0. The van der Waals surface area contributed by atoms with Gasteiger partial charge in [-0.2, -0.15) is 0 Å². The highest BCUT2D eigenvalue weighted by Gasteiger charge is 2.19. The third kappa shape index (κ3) is 31.8. The van der Waals surface area contributed by atoms with Crippen molar-refractivity contribution in [3.8, 4) is 17.2 Å². The molecule has 3 rings (SSSR count). The van der Waals surface area contributed by atoms with Crippen molar-refractivity contribution in [2.75, 3.05) is 59.5 Å². The molecule has 0 aliphatic rings. The molecule has 440 valence electrons. The molecule has 0 aliphatic heterocycles. The van der Waals surface area contributed by atoms with Gasteiger partial charge < -0.3 is 47.4 Å². The molecule has 13 heteroatoms. The van der Waals surface area contributed by atoms with E-state index < -0.39 is 42.3 Å². The van der Waals surface area contributed by atoms with Gasteiger partial charge in [0.05, 0.1) is 65.6 Å². The first-order chi connectivity index (χ1) is 38.2. The summed E-state index contributed by atoms with van der Waals surface area (Å²) in [5, 5.41) is 0. The summed E-state index contributed by atoms with van der Waals surface area (Å²) in [5.41, 5.74) is 2.55. The number of rotatable bonds is 44. The molecule has 0 N–H and O–H groups in total. The van der Waals surface area contributed by atoms with Gasteiger partial charge in [0.1, 0.15) is 41.7 Å². The van der Waals surface area contributed by atoms with E-state index in [4.69, 9.17) is 47.4 Å². The van der Waals surface area contributed by atoms with Crippen molar-refractivity contribution in [1.29, 1.82) is 0 Å². The van der Waals surface area contributed by atoms with Crippen LogP contribution in [-0.2, 0) is 47.5 Å². The van der Waals surface area contributed by atoms with Crippen LogP contribution >= 0.6 is 0 Å². The van der Waals surface area contributed by atoms with Crippen molar-refractivity contribution in [3.63, 3.8) is 0 Å². The van der Waals surface area contributed by atoms with Gasteiger partial charge in [0.2, 0.25) is 0 Å². The molecular formula is C66H98O13. The van der Waals surface area contributed by atoms with Crippen LogP contribution in [0.15, 0.2) is 91.0 Å². The van der Waals surface area contributed by atoms with E-state index >= 15 is 0 Å². The number of carbonyl (C=O) groups excluding carboxylic acids is 3. The first-order valence-corrected chi connectivity index (χ1v) is 29.5. The molecule has 0 aliphatic carbocycles. The van der Waals surface area contributed by atoms with E-state index in [1.165, 1.54) is 63.2 Å². The Morgan fingerprint density at radius 3 is 1.03 bits per heavy atom. The van der Waals surface area contributed by atoms with Gasteiger partial charge in [0, 0.05) is 18.2 Å². The summed E-state index contributed by atoms with van der Waals surface area (Å²) in [5.74, 6) is 2.55. The van der Waals surface area contributed by atoms with Gasteiger partial charge in [0.25, 0.3) is 0 Å². The topological polar surface area (TPSA) is 144 Å². The maximum Gasteiger partial charge on any atom is 0.331 e. The molecule has 0 bridgehead atoms. The average molecular weight is 1100 g/mol. The first-order valence-electron chi connectivity index (χ1n) is 29.5. The minimum atomic E-state index is -0.590. The largest absolute Gasteiger partial charge is 0.493 e. The van der Waals surface area contributed by atoms with Crippen LogP contribution in [0.5, 0.6) is 17.2 Å². The number of hydrogen-bond donors (Lipinski definition) is 0. The van der Waals surface area contributed by atoms with Gasteiger partial charge in [-0.3, -0.25) is 0 Å². The van der Waals surface area contributed by atoms with Crippen molar-refractivity contribution in [3.05, 3.63) is 108 Å². The summed E-state index contributed by atoms with van der Waals surface area (Å²) in [6, 6.07) is 22.9. The van der Waals surface area contributed by atoms with Crippen LogP contribution in [-0.4, -0.2) is 108 Å². The summed E-state index contributed by atoms with van der Waals surface area (Å²) in [7, 11) is 0. The quantitative estimate of drug-likeness (QED) is 0.0301. The third-order valence-corrected chi connectivity index (χ3v) is 13.4. The van der Waals surface area contributed by atoms with Crippen molar-refractivity contribution in [1.82, 2.24) is 0 Å². The molecule has 0 fully saturated rings. The molecule has 3 aromatic carbocycles. The zero-order chi connectivity index (χ0) is 57.5. The van der Waals surface area contributed by atoms with Crippen LogP contribution in [0.3, 0.4) is 0 Å². The van der Waals surface area contributed by atoms with Crippen LogP contribution in [0.4, 0.5) is 0 Å². The van der Waals surface area contributed by atoms with E-state index in [1.807, 2.05) is 79.7 Å². The molecule has 8 atom stereocenters. The Kier molecular flexibility index (Phi) is 35.6. The number of esters is 3. The van der Waals surface area contributed by atoms with E-state index in [-0.39, 0.29) is 45.7 Å². The van der Waals surface area contributed by atoms with Crippen LogP contribution in [0.2, 0.25) is 0 Å². The molecule has 0 spiro atoms. The third-order valence-electron chi connectivity index (χ3n) is 13.4. The standard InChI is InChI=1S/C66H98O13/c1-11-17-20-54(14-4)45-74-60-32-23-57(24-33-60)29-38-64(67)77-51(8)42-70-41-50(7)72-49-63(73-44-53(10)79-66(69)40-31-59-27-36-62(37-28-59)76-47-56(16-6)22-19-13-3)48-71-43-52(9)78-65(68)39-30-58-25-34-61(35-26-58)75-46-55(15-5)21-18-12-2/h23-40,50-56,63H,11-22,41-49H2,1-10H3/b38-29+,39-30+,40-31+. The van der Waals surface area contributed by atoms with Crippen molar-refractivity contribution >= 4 is 36.1 Å². The monoisotopic (exact) mass is 1100 g/mol. The highest BCUT2D eigenvalue weighted by Crippen LogP contribution is 2.21. The highest BCUT2D eigenvalue weighted by molar-refractivity contribution is 5.88. The van der Waals surface area contributed by atoms with Gasteiger partial charge in [0.15, 0.2) is 0 Å². The van der Waals surface area contributed by atoms with Crippen molar-refractivity contribution in [2.45, 2.75) is 177 Å². The molecule has 0 amide bonds. The molecule has 0 heterocycles. The van der Waals surface area contributed by atoms with E-state index in [9.17, 15) is 14.4 Å². The Balaban J connectivity index is 1.48. The summed E-state index contributed by atoms with van der Waals surface area (Å²) in [6.45, 7) is 23.2. The van der Waals surface area contributed by atoms with E-state index in [1.54, 1.807) is 39.0 Å². The van der Waals surface area contributed by atoms with Crippen molar-refractivity contribution in [2.24, 2.45) is 17.8 Å². The minimum absolute atomic E-state index is 0.0707. The van der Waals surface area contributed by atoms with Gasteiger partial charge in [-0.15, -0.1) is 0 Å². The lowest BCUT2D eigenvalue weighted by molar-refractivity contribution is -0.153. The molecule has 79 heavy (non-hydrogen) atoms. The number of unbranched alkanes of at least 4 members (excludes halogenated alkanes) is 3. The lowest BCUT2D eigenvalue weighted by atomic mass is 10.0. The van der Waals surface area contributed by atoms with Crippen LogP contribution < -0.4 is 14.2 Å². The lowest BCUT2D eigenvalue weighted by Crippen LogP contribution is -2.33. The Labute approximate surface area is 475 Å². The smallest absolute Gasteiger partial charge is 0.331 e. The molecule has 0 saturated carbocycles. The molecular weight excluding hydrogens is 1000 g/mol. The molecule has 8 unspecified atom stereocenters. The van der Waals surface area contributed by atoms with E-state index in [0.717, 1.165) is 66.0 Å².